The summed E-state index contributed by atoms with van der Waals surface area (Å²) in [6.45, 7) is 12.9. The number of carbonyl (C=O) groups excluding carboxylic acids is 2. The Kier molecular flexibility index (Phi) is 19.0. The van der Waals surface area contributed by atoms with E-state index in [2.05, 4.69) is 77.8 Å². The van der Waals surface area contributed by atoms with Crippen molar-refractivity contribution >= 4 is 55.3 Å². The van der Waals surface area contributed by atoms with Gasteiger partial charge in [0.1, 0.15) is 16.7 Å². The molecule has 3 heterocycles. The van der Waals surface area contributed by atoms with Crippen LogP contribution in [0.1, 0.15) is 94.5 Å². The number of anilines is 2. The van der Waals surface area contributed by atoms with Crippen LogP contribution < -0.4 is 66.5 Å². The average molecular weight is 979 g/mol. The smallest absolute Gasteiger partial charge is 0.744 e. The van der Waals surface area contributed by atoms with Gasteiger partial charge in [0.15, 0.2) is 5.71 Å². The minimum Gasteiger partial charge on any atom is -0.744 e. The fourth-order valence-corrected chi connectivity index (χ4v) is 9.41. The second-order valence-electron chi connectivity index (χ2n) is 17.3. The van der Waals surface area contributed by atoms with Gasteiger partial charge in [-0.25, -0.2) is 8.42 Å². The molecule has 348 valence electrons. The van der Waals surface area contributed by atoms with Gasteiger partial charge in [0.05, 0.1) is 22.5 Å². The van der Waals surface area contributed by atoms with Crippen LogP contribution in [0, 0.1) is 17.9 Å². The number of hydrogen-bond donors (Lipinski definition) is 1. The van der Waals surface area contributed by atoms with Crippen molar-refractivity contribution in [1.29, 1.82) is 0 Å². The molecule has 3 aliphatic heterocycles. The van der Waals surface area contributed by atoms with Crippen LogP contribution in [0.3, 0.4) is 0 Å². The SMILES string of the molecule is CCN1C(=CC=CC=CC=CC2=[N+](CCCCCC(=O)NCCC(=O)N3Cc4ccccc4C#Cc4ccccc43)c3ccc(S(=O)(=O)[O-])cc3C2(C)C)C(C)(C)c2c[c-]ccc21.O=S(=O)=O.[K+]. The molecule has 0 atom stereocenters. The second kappa shape index (κ2) is 24.0. The maximum Gasteiger partial charge on any atom is 1.00 e. The van der Waals surface area contributed by atoms with Crippen molar-refractivity contribution in [3.63, 3.8) is 0 Å². The molecule has 12 nitrogen and oxygen atoms in total. The van der Waals surface area contributed by atoms with E-state index in [1.54, 1.807) is 11.0 Å². The fraction of sp³-hybridized carbons (Fsp3) is 0.302. The third-order valence-corrected chi connectivity index (χ3v) is 13.1. The molecule has 0 unspecified atom stereocenters. The van der Waals surface area contributed by atoms with Crippen molar-refractivity contribution in [2.45, 2.75) is 89.0 Å². The molecule has 3 aliphatic rings. The summed E-state index contributed by atoms with van der Waals surface area (Å²) in [5.74, 6) is 6.27. The maximum absolute atomic E-state index is 13.6. The first-order valence-electron chi connectivity index (χ1n) is 22.2. The van der Waals surface area contributed by atoms with E-state index in [-0.39, 0.29) is 86.5 Å². The molecule has 0 aromatic heterocycles. The van der Waals surface area contributed by atoms with Crippen LogP contribution in [0.2, 0.25) is 0 Å². The van der Waals surface area contributed by atoms with Crippen LogP contribution in [0.25, 0.3) is 0 Å². The first-order valence-corrected chi connectivity index (χ1v) is 24.6. The van der Waals surface area contributed by atoms with Crippen molar-refractivity contribution in [1.82, 2.24) is 5.32 Å². The number of nitrogens with zero attached hydrogens (tertiary/aromatic N) is 3. The minimum atomic E-state index is -4.64. The molecule has 0 bridgehead atoms. The Hall–Kier alpha value is -5.02. The number of hydrogen-bond acceptors (Lipinski definition) is 9. The van der Waals surface area contributed by atoms with Gasteiger partial charge in [0.2, 0.25) is 17.5 Å². The van der Waals surface area contributed by atoms with E-state index < -0.39 is 26.1 Å². The van der Waals surface area contributed by atoms with Crippen molar-refractivity contribution < 1.29 is 91.1 Å². The van der Waals surface area contributed by atoms with Gasteiger partial charge >= 0.3 is 62.0 Å². The molecule has 2 amide bonds. The first kappa shape index (κ1) is 53.9. The number of carbonyl (C=O) groups is 2. The number of rotatable bonds is 15. The fourth-order valence-electron chi connectivity index (χ4n) is 8.91. The molecule has 4 aromatic rings. The summed E-state index contributed by atoms with van der Waals surface area (Å²) in [4.78, 5) is 30.3. The van der Waals surface area contributed by atoms with Gasteiger partial charge in [-0.15, -0.1) is 24.3 Å². The monoisotopic (exact) mass is 978 g/mol. The second-order valence-corrected chi connectivity index (χ2v) is 19.1. The summed E-state index contributed by atoms with van der Waals surface area (Å²) in [6, 6.07) is 29.5. The average Bonchev–Trinajstić information content (AvgIpc) is 3.63. The molecule has 68 heavy (non-hydrogen) atoms. The number of unbranched alkanes of at least 4 members (excludes halogenated alkanes) is 2. The van der Waals surface area contributed by atoms with Crippen LogP contribution in [-0.4, -0.2) is 67.3 Å². The zero-order chi connectivity index (χ0) is 48.4. The van der Waals surface area contributed by atoms with Crippen LogP contribution in [0.4, 0.5) is 17.1 Å². The standard InChI is InChI=1S/C53H56N4O5S.K.O3S/c1-6-55-46-26-19-17-24-43(46)52(2,3)48(55)27-11-8-7-9-12-28-49-53(4,5)44-37-42(63(60,61)62)32-33-47(44)56(49)36-20-10-13-29-50(58)54-35-34-51(59)57-38-41-23-15-14-21-39(41)30-31-40-22-16-18-25-45(40)57;;1-4(2)3/h7-9,11-12,14-16,18-19,21-28,32-33,37H,6,10,13,20,29,34-36,38H2,1-5H3,(H,54,58)(H,60,61,62);;/q;+1;/p-1. The molecule has 0 fully saturated rings. The molecule has 1 N–H and O–H groups in total. The molecule has 15 heteroatoms. The number of nitrogens with one attached hydrogen (secondary N) is 1. The number of likely N-dealkylation sites (N-methyl/N-ethyl adjacent to an activating group) is 1. The molecular formula is C53H55KN4O8S2. The Balaban J connectivity index is 0.00000166. The molecular weight excluding hydrogens is 924 g/mol. The predicted molar refractivity (Wildman–Crippen MR) is 260 cm³/mol. The number of allylic oxidation sites excluding steroid dienone is 8. The quantitative estimate of drug-likeness (QED) is 0.0323. The maximum atomic E-state index is 13.6. The van der Waals surface area contributed by atoms with Crippen molar-refractivity contribution in [3.05, 3.63) is 167 Å². The van der Waals surface area contributed by atoms with Gasteiger partial charge < -0.3 is 19.7 Å². The van der Waals surface area contributed by atoms with E-state index >= 15 is 0 Å². The first-order chi connectivity index (χ1) is 31.9. The minimum absolute atomic E-state index is 0. The summed E-state index contributed by atoms with van der Waals surface area (Å²) in [5, 5.41) is 2.94. The molecule has 0 spiro atoms. The molecule has 0 saturated heterocycles. The summed E-state index contributed by atoms with van der Waals surface area (Å²) in [7, 11) is -7.75. The Morgan fingerprint density at radius 3 is 2.25 bits per heavy atom. The number of fused-ring (bicyclic) bond motifs is 4. The molecule has 0 saturated carbocycles. The number of benzene rings is 4. The zero-order valence-corrected chi connectivity index (χ0v) is 44.2. The molecule has 4 aromatic carbocycles. The van der Waals surface area contributed by atoms with Crippen LogP contribution >= 0.6 is 0 Å². The Bertz CT molecular complexity index is 2990. The van der Waals surface area contributed by atoms with Crippen LogP contribution in [0.5, 0.6) is 0 Å². The van der Waals surface area contributed by atoms with E-state index in [0.29, 0.717) is 25.9 Å². The van der Waals surface area contributed by atoms with Gasteiger partial charge in [-0.2, -0.15) is 22.8 Å². The number of para-hydroxylation sites is 1. The Morgan fingerprint density at radius 1 is 0.838 bits per heavy atom. The van der Waals surface area contributed by atoms with Gasteiger partial charge in [-0.3, -0.25) is 9.59 Å². The largest absolute Gasteiger partial charge is 1.00 e. The van der Waals surface area contributed by atoms with Crippen LogP contribution in [-0.2, 0) is 47.7 Å². The topological polar surface area (TPSA) is 164 Å². The van der Waals surface area contributed by atoms with E-state index in [0.717, 1.165) is 58.7 Å². The summed E-state index contributed by atoms with van der Waals surface area (Å²) in [6.07, 6.45) is 17.0. The zero-order valence-electron chi connectivity index (χ0n) is 39.4. The third-order valence-electron chi connectivity index (χ3n) is 12.3. The van der Waals surface area contributed by atoms with E-state index in [1.165, 1.54) is 29.1 Å². The number of amides is 2. The predicted octanol–water partition coefficient (Wildman–Crippen LogP) is 5.15. The summed E-state index contributed by atoms with van der Waals surface area (Å²) in [5.41, 5.74) is 9.07. The van der Waals surface area contributed by atoms with E-state index in [1.807, 2.05) is 98.8 Å². The molecule has 0 aliphatic carbocycles. The van der Waals surface area contributed by atoms with Gasteiger partial charge in [-0.1, -0.05) is 92.1 Å². The Labute approximate surface area is 444 Å². The Morgan fingerprint density at radius 2 is 1.51 bits per heavy atom. The van der Waals surface area contributed by atoms with Gasteiger partial charge in [0, 0.05) is 66.9 Å². The van der Waals surface area contributed by atoms with Gasteiger partial charge in [0.25, 0.3) is 0 Å². The van der Waals surface area contributed by atoms with E-state index in [9.17, 15) is 22.6 Å². The normalized spacial score (nSPS) is 15.9. The van der Waals surface area contributed by atoms with Crippen molar-refractivity contribution in [2.75, 3.05) is 29.4 Å². The van der Waals surface area contributed by atoms with E-state index in [4.69, 9.17) is 12.6 Å². The molecule has 0 radical (unpaired) electrons. The van der Waals surface area contributed by atoms with Crippen molar-refractivity contribution in [3.8, 4) is 11.8 Å². The third kappa shape index (κ3) is 13.0. The summed E-state index contributed by atoms with van der Waals surface area (Å²) >= 11 is 0. The van der Waals surface area contributed by atoms with Gasteiger partial charge in [-0.05, 0) is 81.0 Å². The van der Waals surface area contributed by atoms with Crippen molar-refractivity contribution in [2.24, 2.45) is 0 Å². The summed E-state index contributed by atoms with van der Waals surface area (Å²) < 4.78 is 63.6. The molecule has 7 rings (SSSR count). The van der Waals surface area contributed by atoms with Crippen LogP contribution in [0.15, 0.2) is 138 Å².